The van der Waals surface area contributed by atoms with E-state index in [9.17, 15) is 9.59 Å². The first-order valence-corrected chi connectivity index (χ1v) is 7.81. The Morgan fingerprint density at radius 2 is 1.72 bits per heavy atom. The van der Waals surface area contributed by atoms with E-state index in [1.807, 2.05) is 24.3 Å². The molecule has 0 heterocycles. The summed E-state index contributed by atoms with van der Waals surface area (Å²) in [6.45, 7) is 0. The first-order valence-electron chi connectivity index (χ1n) is 7.81. The highest BCUT2D eigenvalue weighted by Gasteiger charge is 2.09. The summed E-state index contributed by atoms with van der Waals surface area (Å²) < 4.78 is 5.17. The normalized spacial score (nSPS) is 9.76. The van der Waals surface area contributed by atoms with Gasteiger partial charge in [-0.05, 0) is 36.2 Å². The molecule has 25 heavy (non-hydrogen) atoms. The van der Waals surface area contributed by atoms with Crippen LogP contribution in [0.15, 0.2) is 48.5 Å². The smallest absolute Gasteiger partial charge is 0.238 e. The van der Waals surface area contributed by atoms with Gasteiger partial charge in [-0.3, -0.25) is 9.59 Å². The van der Waals surface area contributed by atoms with Crippen LogP contribution < -0.4 is 15.4 Å². The molecule has 0 saturated carbocycles. The Morgan fingerprint density at radius 3 is 2.36 bits per heavy atom. The Balaban J connectivity index is 1.96. The molecule has 6 nitrogen and oxygen atoms in total. The second-order valence-corrected chi connectivity index (χ2v) is 5.33. The maximum atomic E-state index is 12.2. The minimum Gasteiger partial charge on any atom is -0.497 e. The molecule has 0 aliphatic carbocycles. The summed E-state index contributed by atoms with van der Waals surface area (Å²) in [5, 5.41) is 14.0. The maximum Gasteiger partial charge on any atom is 0.238 e. The van der Waals surface area contributed by atoms with E-state index in [4.69, 9.17) is 10.00 Å². The summed E-state index contributed by atoms with van der Waals surface area (Å²) in [7, 11) is 1.60. The molecule has 2 N–H and O–H groups in total. The number of amides is 2. The Morgan fingerprint density at radius 1 is 1.04 bits per heavy atom. The number of carbonyl (C=O) groups excluding carboxylic acids is 2. The number of hydrogen-bond acceptors (Lipinski definition) is 4. The van der Waals surface area contributed by atoms with Gasteiger partial charge in [0.25, 0.3) is 0 Å². The number of anilines is 2. The van der Waals surface area contributed by atoms with Crippen LogP contribution in [0, 0.1) is 11.3 Å². The number of para-hydroxylation sites is 2. The molecule has 6 heteroatoms. The molecule has 0 spiro atoms. The molecule has 0 fully saturated rings. The highest BCUT2D eigenvalue weighted by Crippen LogP contribution is 2.21. The lowest BCUT2D eigenvalue weighted by Gasteiger charge is -2.11. The van der Waals surface area contributed by atoms with E-state index >= 15 is 0 Å². The fraction of sp³-hybridized carbons (Fsp3) is 0.211. The molecular weight excluding hydrogens is 318 g/mol. The van der Waals surface area contributed by atoms with Gasteiger partial charge in [0, 0.05) is 6.42 Å². The van der Waals surface area contributed by atoms with Crippen molar-refractivity contribution in [1.29, 1.82) is 5.26 Å². The number of ether oxygens (including phenoxy) is 1. The van der Waals surface area contributed by atoms with E-state index in [0.717, 1.165) is 11.3 Å². The molecule has 0 unspecified atom stereocenters. The molecule has 0 aromatic heterocycles. The number of nitrogens with one attached hydrogen (secondary N) is 2. The topological polar surface area (TPSA) is 91.2 Å². The third kappa shape index (κ3) is 5.66. The third-order valence-electron chi connectivity index (χ3n) is 3.49. The number of carbonyl (C=O) groups is 2. The SMILES string of the molecule is COc1cccc(CCC(=O)Nc2ccccc2NC(=O)CC#N)c1. The number of nitriles is 1. The molecule has 0 atom stereocenters. The zero-order valence-electron chi connectivity index (χ0n) is 13.9. The molecule has 0 aliphatic rings. The highest BCUT2D eigenvalue weighted by molar-refractivity contribution is 6.00. The Bertz CT molecular complexity index is 796. The molecule has 0 bridgehead atoms. The predicted molar refractivity (Wildman–Crippen MR) is 95.2 cm³/mol. The summed E-state index contributed by atoms with van der Waals surface area (Å²) in [5.41, 5.74) is 1.98. The van der Waals surface area contributed by atoms with Gasteiger partial charge in [0.15, 0.2) is 0 Å². The van der Waals surface area contributed by atoms with Gasteiger partial charge in [0.05, 0.1) is 24.6 Å². The van der Waals surface area contributed by atoms with Crippen LogP contribution in [0.5, 0.6) is 5.75 Å². The monoisotopic (exact) mass is 337 g/mol. The van der Waals surface area contributed by atoms with Crippen molar-refractivity contribution in [2.24, 2.45) is 0 Å². The van der Waals surface area contributed by atoms with Crippen LogP contribution in [-0.2, 0) is 16.0 Å². The van der Waals surface area contributed by atoms with E-state index in [1.165, 1.54) is 0 Å². The second kappa shape index (κ2) is 9.08. The van der Waals surface area contributed by atoms with Gasteiger partial charge >= 0.3 is 0 Å². The number of nitrogens with zero attached hydrogens (tertiary/aromatic N) is 1. The summed E-state index contributed by atoms with van der Waals surface area (Å²) in [6.07, 6.45) is 0.637. The summed E-state index contributed by atoms with van der Waals surface area (Å²) >= 11 is 0. The number of aryl methyl sites for hydroxylation is 1. The zero-order valence-corrected chi connectivity index (χ0v) is 13.9. The van der Waals surface area contributed by atoms with Crippen molar-refractivity contribution >= 4 is 23.2 Å². The lowest BCUT2D eigenvalue weighted by molar-refractivity contribution is -0.116. The van der Waals surface area contributed by atoms with Gasteiger partial charge in [0.2, 0.25) is 11.8 Å². The van der Waals surface area contributed by atoms with Crippen LogP contribution in [0.1, 0.15) is 18.4 Å². The number of methoxy groups -OCH3 is 1. The van der Waals surface area contributed by atoms with E-state index in [0.29, 0.717) is 24.2 Å². The van der Waals surface area contributed by atoms with Crippen LogP contribution in [-0.4, -0.2) is 18.9 Å². The summed E-state index contributed by atoms with van der Waals surface area (Å²) in [6, 6.07) is 16.2. The molecule has 2 aromatic rings. The van der Waals surface area contributed by atoms with Crippen molar-refractivity contribution in [2.75, 3.05) is 17.7 Å². The van der Waals surface area contributed by atoms with Crippen molar-refractivity contribution in [3.05, 3.63) is 54.1 Å². The van der Waals surface area contributed by atoms with Crippen molar-refractivity contribution in [1.82, 2.24) is 0 Å². The van der Waals surface area contributed by atoms with Gasteiger partial charge in [0.1, 0.15) is 12.2 Å². The third-order valence-corrected chi connectivity index (χ3v) is 3.49. The van der Waals surface area contributed by atoms with E-state index < -0.39 is 5.91 Å². The van der Waals surface area contributed by atoms with Crippen molar-refractivity contribution < 1.29 is 14.3 Å². The fourth-order valence-electron chi connectivity index (χ4n) is 2.27. The molecule has 2 aromatic carbocycles. The van der Waals surface area contributed by atoms with Crippen LogP contribution in [0.25, 0.3) is 0 Å². The average Bonchev–Trinajstić information content (AvgIpc) is 2.62. The van der Waals surface area contributed by atoms with E-state index in [-0.39, 0.29) is 12.3 Å². The standard InChI is InChI=1S/C19H19N3O3/c1-25-15-6-4-5-14(13-15)9-10-18(23)21-16-7-2-3-8-17(16)22-19(24)11-12-20/h2-8,13H,9-11H2,1H3,(H,21,23)(H,22,24). The van der Waals surface area contributed by atoms with Gasteiger partial charge in [-0.1, -0.05) is 24.3 Å². The largest absolute Gasteiger partial charge is 0.497 e. The molecule has 2 amide bonds. The number of benzene rings is 2. The molecule has 128 valence electrons. The van der Waals surface area contributed by atoms with Crippen molar-refractivity contribution in [3.63, 3.8) is 0 Å². The Hall–Kier alpha value is -3.33. The Labute approximate surface area is 146 Å². The van der Waals surface area contributed by atoms with Crippen molar-refractivity contribution in [3.8, 4) is 11.8 Å². The van der Waals surface area contributed by atoms with E-state index in [2.05, 4.69) is 10.6 Å². The predicted octanol–water partition coefficient (Wildman–Crippen LogP) is 3.12. The molecular formula is C19H19N3O3. The number of rotatable bonds is 7. The minimum atomic E-state index is -0.416. The molecule has 2 rings (SSSR count). The van der Waals surface area contributed by atoms with Gasteiger partial charge in [-0.15, -0.1) is 0 Å². The highest BCUT2D eigenvalue weighted by atomic mass is 16.5. The Kier molecular flexibility index (Phi) is 6.55. The lowest BCUT2D eigenvalue weighted by Crippen LogP contribution is -2.16. The average molecular weight is 337 g/mol. The lowest BCUT2D eigenvalue weighted by atomic mass is 10.1. The first-order chi connectivity index (χ1) is 12.1. The zero-order chi connectivity index (χ0) is 18.1. The van der Waals surface area contributed by atoms with Crippen molar-refractivity contribution in [2.45, 2.75) is 19.3 Å². The van der Waals surface area contributed by atoms with Crippen LogP contribution in [0.3, 0.4) is 0 Å². The molecule has 0 saturated heterocycles. The van der Waals surface area contributed by atoms with Crippen LogP contribution >= 0.6 is 0 Å². The fourth-order valence-corrected chi connectivity index (χ4v) is 2.27. The number of hydrogen-bond donors (Lipinski definition) is 2. The van der Waals surface area contributed by atoms with Gasteiger partial charge in [-0.2, -0.15) is 5.26 Å². The van der Waals surface area contributed by atoms with Gasteiger partial charge in [-0.25, -0.2) is 0 Å². The first kappa shape index (κ1) is 18.0. The molecule has 0 radical (unpaired) electrons. The minimum absolute atomic E-state index is 0.162. The maximum absolute atomic E-state index is 12.2. The van der Waals surface area contributed by atoms with Gasteiger partial charge < -0.3 is 15.4 Å². The molecule has 0 aliphatic heterocycles. The summed E-state index contributed by atoms with van der Waals surface area (Å²) in [5.74, 6) is 0.175. The van der Waals surface area contributed by atoms with E-state index in [1.54, 1.807) is 37.4 Å². The van der Waals surface area contributed by atoms with Crippen LogP contribution in [0.2, 0.25) is 0 Å². The quantitative estimate of drug-likeness (QED) is 0.812. The second-order valence-electron chi connectivity index (χ2n) is 5.33. The summed E-state index contributed by atoms with van der Waals surface area (Å²) in [4.78, 5) is 23.8. The van der Waals surface area contributed by atoms with Crippen LogP contribution in [0.4, 0.5) is 11.4 Å².